The normalized spacial score (nSPS) is 17.1. The number of aliphatic hydroxyl groups is 1. The molecule has 1 aliphatic rings. The molecule has 1 fully saturated rings. The van der Waals surface area contributed by atoms with Crippen molar-refractivity contribution in [1.82, 2.24) is 5.32 Å². The smallest absolute Gasteiger partial charge is 0.0555 e. The molecule has 0 aromatic rings. The Balaban J connectivity index is 0.000000293. The minimum absolute atomic E-state index is 0.0645. The predicted molar refractivity (Wildman–Crippen MR) is 67.7 cm³/mol. The highest BCUT2D eigenvalue weighted by Gasteiger charge is 2.16. The van der Waals surface area contributed by atoms with Crippen molar-refractivity contribution in [3.8, 4) is 0 Å². The third-order valence-corrected chi connectivity index (χ3v) is 2.80. The summed E-state index contributed by atoms with van der Waals surface area (Å²) < 4.78 is 0. The second kappa shape index (κ2) is 11.3. The Bertz CT molecular complexity index is 134. The summed E-state index contributed by atoms with van der Waals surface area (Å²) >= 11 is 0. The fraction of sp³-hybridized carbons (Fsp3) is 1.00. The van der Waals surface area contributed by atoms with E-state index in [4.69, 9.17) is 22.3 Å². The summed E-state index contributed by atoms with van der Waals surface area (Å²) in [7, 11) is 0. The molecule has 0 atom stereocenters. The van der Waals surface area contributed by atoms with E-state index in [1.165, 1.54) is 32.1 Å². The Kier molecular flexibility index (Phi) is 11.1. The highest BCUT2D eigenvalue weighted by Crippen LogP contribution is 2.23. The van der Waals surface area contributed by atoms with E-state index in [1.54, 1.807) is 0 Å². The number of nitrogens with two attached hydrogens (primary N) is 3. The molecule has 0 saturated heterocycles. The largest absolute Gasteiger partial charge is 0.395 e. The van der Waals surface area contributed by atoms with Gasteiger partial charge >= 0.3 is 0 Å². The van der Waals surface area contributed by atoms with Crippen molar-refractivity contribution in [3.05, 3.63) is 0 Å². The van der Waals surface area contributed by atoms with E-state index in [2.05, 4.69) is 5.32 Å². The molecule has 0 heterocycles. The standard InChI is InChI=1S/C7H16N2.C4H12N2O/c8-7(9)6-4-2-1-3-5-6;5-1-2-6-3-4-7/h6-7H,1-5,8-9H2;6-7H,1-5H2. The molecule has 5 heteroatoms. The van der Waals surface area contributed by atoms with Gasteiger partial charge in [0.05, 0.1) is 12.8 Å². The van der Waals surface area contributed by atoms with Gasteiger partial charge in [0, 0.05) is 19.6 Å². The van der Waals surface area contributed by atoms with Crippen molar-refractivity contribution in [1.29, 1.82) is 0 Å². The number of rotatable bonds is 5. The van der Waals surface area contributed by atoms with Gasteiger partial charge in [-0.05, 0) is 18.8 Å². The molecular formula is C11H28N4O. The third-order valence-electron chi connectivity index (χ3n) is 2.80. The monoisotopic (exact) mass is 232 g/mol. The lowest BCUT2D eigenvalue weighted by molar-refractivity contribution is 0.293. The quantitative estimate of drug-likeness (QED) is 0.319. The first-order valence-corrected chi connectivity index (χ1v) is 6.25. The molecule has 0 amide bonds. The van der Waals surface area contributed by atoms with Crippen molar-refractivity contribution >= 4 is 0 Å². The Morgan fingerprint density at radius 1 is 1.12 bits per heavy atom. The lowest BCUT2D eigenvalue weighted by Crippen LogP contribution is -2.39. The van der Waals surface area contributed by atoms with Crippen LogP contribution in [0.15, 0.2) is 0 Å². The zero-order chi connectivity index (χ0) is 12.2. The van der Waals surface area contributed by atoms with Crippen LogP contribution in [0.4, 0.5) is 0 Å². The molecule has 0 aliphatic heterocycles. The average Bonchev–Trinajstić information content (AvgIpc) is 2.32. The van der Waals surface area contributed by atoms with Crippen molar-refractivity contribution in [2.45, 2.75) is 38.3 Å². The molecule has 1 rings (SSSR count). The van der Waals surface area contributed by atoms with Crippen molar-refractivity contribution in [2.75, 3.05) is 26.2 Å². The highest BCUT2D eigenvalue weighted by atomic mass is 16.3. The van der Waals surface area contributed by atoms with Gasteiger partial charge < -0.3 is 27.6 Å². The van der Waals surface area contributed by atoms with E-state index in [-0.39, 0.29) is 12.8 Å². The van der Waals surface area contributed by atoms with Crippen LogP contribution in [0.1, 0.15) is 32.1 Å². The molecule has 5 nitrogen and oxygen atoms in total. The lowest BCUT2D eigenvalue weighted by atomic mass is 9.87. The lowest BCUT2D eigenvalue weighted by Gasteiger charge is -2.24. The first-order valence-electron chi connectivity index (χ1n) is 6.25. The van der Waals surface area contributed by atoms with Crippen LogP contribution < -0.4 is 22.5 Å². The van der Waals surface area contributed by atoms with E-state index in [0.717, 1.165) is 6.54 Å². The van der Waals surface area contributed by atoms with Crippen molar-refractivity contribution in [3.63, 3.8) is 0 Å². The maximum Gasteiger partial charge on any atom is 0.0555 e. The van der Waals surface area contributed by atoms with Gasteiger partial charge in [0.1, 0.15) is 0 Å². The maximum atomic E-state index is 8.19. The van der Waals surface area contributed by atoms with Gasteiger partial charge in [0.2, 0.25) is 0 Å². The summed E-state index contributed by atoms with van der Waals surface area (Å²) in [5, 5.41) is 11.1. The highest BCUT2D eigenvalue weighted by molar-refractivity contribution is 4.71. The van der Waals surface area contributed by atoms with Crippen LogP contribution in [0.3, 0.4) is 0 Å². The first-order chi connectivity index (χ1) is 7.72. The SMILES string of the molecule is NC(N)C1CCCCC1.NCCNCCO. The third kappa shape index (κ3) is 9.06. The van der Waals surface area contributed by atoms with Crippen LogP contribution >= 0.6 is 0 Å². The van der Waals surface area contributed by atoms with Crippen LogP contribution in [0.25, 0.3) is 0 Å². The Labute approximate surface area is 98.8 Å². The van der Waals surface area contributed by atoms with E-state index in [9.17, 15) is 0 Å². The van der Waals surface area contributed by atoms with Crippen LogP contribution in [0.5, 0.6) is 0 Å². The first kappa shape index (κ1) is 15.8. The minimum Gasteiger partial charge on any atom is -0.395 e. The van der Waals surface area contributed by atoms with E-state index >= 15 is 0 Å². The zero-order valence-electron chi connectivity index (χ0n) is 10.2. The van der Waals surface area contributed by atoms with Crippen molar-refractivity contribution < 1.29 is 5.11 Å². The van der Waals surface area contributed by atoms with Gasteiger partial charge in [-0.3, -0.25) is 0 Å². The molecule has 0 aromatic carbocycles. The summed E-state index contributed by atoms with van der Waals surface area (Å²) in [6.45, 7) is 2.28. The Hall–Kier alpha value is -0.200. The summed E-state index contributed by atoms with van der Waals surface area (Å²) in [4.78, 5) is 0. The molecule has 1 aliphatic carbocycles. The Morgan fingerprint density at radius 3 is 2.12 bits per heavy atom. The van der Waals surface area contributed by atoms with Gasteiger partial charge in [-0.2, -0.15) is 0 Å². The molecule has 0 unspecified atom stereocenters. The number of hydrogen-bond donors (Lipinski definition) is 5. The number of nitrogens with one attached hydrogen (secondary N) is 1. The molecule has 0 aromatic heterocycles. The molecular weight excluding hydrogens is 204 g/mol. The maximum absolute atomic E-state index is 8.19. The van der Waals surface area contributed by atoms with E-state index in [1.807, 2.05) is 0 Å². The molecule has 16 heavy (non-hydrogen) atoms. The second-order valence-electron chi connectivity index (χ2n) is 4.24. The summed E-state index contributed by atoms with van der Waals surface area (Å²) in [5.41, 5.74) is 16.2. The fourth-order valence-electron chi connectivity index (χ4n) is 1.83. The van der Waals surface area contributed by atoms with Crippen molar-refractivity contribution in [2.24, 2.45) is 23.1 Å². The second-order valence-corrected chi connectivity index (χ2v) is 4.24. The fourth-order valence-corrected chi connectivity index (χ4v) is 1.83. The number of aliphatic hydroxyl groups excluding tert-OH is 1. The van der Waals surface area contributed by atoms with E-state index < -0.39 is 0 Å². The van der Waals surface area contributed by atoms with Crippen LogP contribution in [0, 0.1) is 5.92 Å². The van der Waals surface area contributed by atoms with Gasteiger partial charge in [-0.25, -0.2) is 0 Å². The topological polar surface area (TPSA) is 110 Å². The molecule has 0 bridgehead atoms. The molecule has 8 N–H and O–H groups in total. The molecule has 0 radical (unpaired) electrons. The number of hydrogen-bond acceptors (Lipinski definition) is 5. The molecule has 0 spiro atoms. The molecule has 1 saturated carbocycles. The van der Waals surface area contributed by atoms with Crippen LogP contribution in [-0.4, -0.2) is 37.5 Å². The zero-order valence-corrected chi connectivity index (χ0v) is 10.2. The summed E-state index contributed by atoms with van der Waals surface area (Å²) in [5.74, 6) is 0.610. The Morgan fingerprint density at radius 2 is 1.75 bits per heavy atom. The van der Waals surface area contributed by atoms with E-state index in [0.29, 0.717) is 19.0 Å². The minimum atomic E-state index is -0.0645. The average molecular weight is 232 g/mol. The van der Waals surface area contributed by atoms with Crippen LogP contribution in [0.2, 0.25) is 0 Å². The summed E-state index contributed by atoms with van der Waals surface area (Å²) in [6, 6.07) is 0. The van der Waals surface area contributed by atoms with Crippen LogP contribution in [-0.2, 0) is 0 Å². The van der Waals surface area contributed by atoms with Gasteiger partial charge in [-0.15, -0.1) is 0 Å². The van der Waals surface area contributed by atoms with Gasteiger partial charge in [0.25, 0.3) is 0 Å². The summed E-state index contributed by atoms with van der Waals surface area (Å²) in [6.07, 6.45) is 6.47. The molecule has 98 valence electrons. The van der Waals surface area contributed by atoms with Gasteiger partial charge in [0.15, 0.2) is 0 Å². The predicted octanol–water partition coefficient (Wildman–Crippen LogP) is -0.663. The van der Waals surface area contributed by atoms with Gasteiger partial charge in [-0.1, -0.05) is 19.3 Å².